The van der Waals surface area contributed by atoms with Gasteiger partial charge in [-0.25, -0.2) is 0 Å². The zero-order valence-corrected chi connectivity index (χ0v) is 49.7. The Morgan fingerprint density at radius 2 is 0.849 bits per heavy atom. The summed E-state index contributed by atoms with van der Waals surface area (Å²) in [5.74, 6) is -0.210. The molecule has 428 valence electrons. The maximum absolute atomic E-state index is 12.9. The summed E-state index contributed by atoms with van der Waals surface area (Å²) in [7, 11) is 1.24. The van der Waals surface area contributed by atoms with Gasteiger partial charge in [-0.05, 0) is 70.6 Å². The number of carbonyl (C=O) groups is 1. The van der Waals surface area contributed by atoms with Crippen molar-refractivity contribution in [1.29, 1.82) is 0 Å². The number of quaternary nitrogens is 1. The van der Waals surface area contributed by atoms with E-state index in [0.29, 0.717) is 17.4 Å². The van der Waals surface area contributed by atoms with E-state index in [1.807, 2.05) is 27.2 Å². The van der Waals surface area contributed by atoms with Crippen molar-refractivity contribution in [2.75, 3.05) is 40.9 Å². The fourth-order valence-electron chi connectivity index (χ4n) is 9.11. The smallest absolute Gasteiger partial charge is 0.268 e. The molecule has 1 amide bonds. The highest BCUT2D eigenvalue weighted by atomic mass is 31.2. The highest BCUT2D eigenvalue weighted by Gasteiger charge is 2.23. The summed E-state index contributed by atoms with van der Waals surface area (Å²) < 4.78 is 23.2. The third-order valence-electron chi connectivity index (χ3n) is 13.9. The van der Waals surface area contributed by atoms with Gasteiger partial charge in [0.2, 0.25) is 5.91 Å². The van der Waals surface area contributed by atoms with E-state index in [1.165, 1.54) is 212 Å². The van der Waals surface area contributed by atoms with Crippen LogP contribution in [0.25, 0.3) is 0 Å². The number of nitrogens with zero attached hydrogens (tertiary/aromatic N) is 1. The number of carbonyl (C=O) groups excluding carboxylic acids is 1. The summed E-state index contributed by atoms with van der Waals surface area (Å²) in [5, 5.41) is 13.8. The summed E-state index contributed by atoms with van der Waals surface area (Å²) in [6, 6.07) is -0.908. The molecule has 0 aromatic heterocycles. The summed E-state index contributed by atoms with van der Waals surface area (Å²) in [5.41, 5.74) is 0. The lowest BCUT2D eigenvalue weighted by Crippen LogP contribution is -2.45. The highest BCUT2D eigenvalue weighted by molar-refractivity contribution is 7.45. The molecule has 0 aromatic carbocycles. The number of hydrogen-bond acceptors (Lipinski definition) is 6. The largest absolute Gasteiger partial charge is 0.756 e. The van der Waals surface area contributed by atoms with Crippen LogP contribution in [0.15, 0.2) is 60.8 Å². The average molecular weight is 1050 g/mol. The van der Waals surface area contributed by atoms with Crippen LogP contribution < -0.4 is 10.2 Å². The van der Waals surface area contributed by atoms with Crippen molar-refractivity contribution >= 4 is 13.7 Å². The number of likely N-dealkylation sites (N-methyl/N-ethyl adjacent to an activating group) is 1. The molecule has 0 aliphatic carbocycles. The maximum Gasteiger partial charge on any atom is 0.268 e. The second kappa shape index (κ2) is 55.0. The minimum absolute atomic E-state index is 0.00910. The first kappa shape index (κ1) is 71.2. The van der Waals surface area contributed by atoms with Crippen LogP contribution >= 0.6 is 7.82 Å². The fourth-order valence-corrected chi connectivity index (χ4v) is 9.83. The van der Waals surface area contributed by atoms with Crippen LogP contribution in [0.4, 0.5) is 0 Å². The van der Waals surface area contributed by atoms with E-state index in [9.17, 15) is 19.4 Å². The number of amides is 1. The molecule has 0 radical (unpaired) electrons. The van der Waals surface area contributed by atoms with E-state index >= 15 is 0 Å². The maximum atomic E-state index is 12.9. The van der Waals surface area contributed by atoms with Crippen LogP contribution in [0.1, 0.15) is 290 Å². The Kier molecular flexibility index (Phi) is 53.6. The normalized spacial score (nSPS) is 14.2. The number of phosphoric ester groups is 1. The summed E-state index contributed by atoms with van der Waals surface area (Å²) in [6.07, 6.45) is 75.2. The SMILES string of the molecule is CC/C=C/CC/C=C/CC/C=C/C(O)C(COP(=O)([O-])OCC[N+](C)(C)C)NC(=O)CCCCCCCCCCCCCCCCCCCCCCCCCCCCCCC/C=C\C/C=C\CCCCCCC. The fraction of sp³-hybridized carbons (Fsp3) is 0.828. The third kappa shape index (κ3) is 57.7. The van der Waals surface area contributed by atoms with E-state index in [1.54, 1.807) is 6.08 Å². The van der Waals surface area contributed by atoms with Crippen LogP contribution in [0.2, 0.25) is 0 Å². The molecule has 9 heteroatoms. The summed E-state index contributed by atoms with van der Waals surface area (Å²) in [4.78, 5) is 25.4. The van der Waals surface area contributed by atoms with Gasteiger partial charge in [-0.3, -0.25) is 9.36 Å². The Balaban J connectivity index is 3.78. The lowest BCUT2D eigenvalue weighted by molar-refractivity contribution is -0.870. The second-order valence-electron chi connectivity index (χ2n) is 22.4. The topological polar surface area (TPSA) is 108 Å². The molecule has 0 spiro atoms. The number of phosphoric acid groups is 1. The molecule has 0 aliphatic heterocycles. The van der Waals surface area contributed by atoms with Crippen LogP contribution in [0, 0.1) is 0 Å². The molecule has 3 unspecified atom stereocenters. The molecule has 0 saturated heterocycles. The number of allylic oxidation sites excluding steroid dienone is 9. The minimum Gasteiger partial charge on any atom is -0.756 e. The Morgan fingerprint density at radius 1 is 0.493 bits per heavy atom. The van der Waals surface area contributed by atoms with Crippen molar-refractivity contribution in [3.05, 3.63) is 60.8 Å². The number of aliphatic hydroxyl groups excluding tert-OH is 1. The van der Waals surface area contributed by atoms with E-state index in [4.69, 9.17) is 9.05 Å². The average Bonchev–Trinajstić information content (AvgIpc) is 3.35. The molecule has 3 atom stereocenters. The molecule has 0 rings (SSSR count). The van der Waals surface area contributed by atoms with E-state index in [0.717, 1.165) is 57.8 Å². The quantitative estimate of drug-likeness (QED) is 0.0272. The highest BCUT2D eigenvalue weighted by Crippen LogP contribution is 2.38. The minimum atomic E-state index is -4.60. The van der Waals surface area contributed by atoms with Crippen LogP contribution in [0.3, 0.4) is 0 Å². The molecule has 2 N–H and O–H groups in total. The van der Waals surface area contributed by atoms with E-state index in [2.05, 4.69) is 67.8 Å². The Morgan fingerprint density at radius 3 is 1.25 bits per heavy atom. The van der Waals surface area contributed by atoms with Gasteiger partial charge in [-0.15, -0.1) is 0 Å². The Labute approximate surface area is 453 Å². The van der Waals surface area contributed by atoms with Gasteiger partial charge in [0.1, 0.15) is 13.2 Å². The first-order valence-corrected chi connectivity index (χ1v) is 32.6. The zero-order valence-electron chi connectivity index (χ0n) is 48.8. The van der Waals surface area contributed by atoms with E-state index < -0.39 is 26.6 Å². The van der Waals surface area contributed by atoms with Gasteiger partial charge in [0.25, 0.3) is 7.82 Å². The van der Waals surface area contributed by atoms with Gasteiger partial charge in [0.15, 0.2) is 0 Å². The predicted octanol–water partition coefficient (Wildman–Crippen LogP) is 18.6. The van der Waals surface area contributed by atoms with Crippen LogP contribution in [0.5, 0.6) is 0 Å². The standard InChI is InChI=1S/C64H121N2O6P/c1-6-8-10-12-14-16-18-19-20-21-22-23-24-25-26-27-28-29-30-31-32-33-34-35-36-37-38-39-40-41-42-43-44-45-46-47-48-50-52-54-56-58-64(68)65-62(61-72-73(69,70)71-60-59-66(3,4)5)63(67)57-55-53-51-49-17-15-13-11-9-7-2/h9,11,17-19,21-22,49,55,57,62-63,67H,6-8,10,12-16,20,23-48,50-54,56,58-61H2,1-5H3,(H-,65,68,69,70)/b11-9+,19-18-,22-21-,49-17+,57-55+. The molecular weight excluding hydrogens is 924 g/mol. The zero-order chi connectivity index (χ0) is 53.5. The number of rotatable bonds is 57. The molecule has 0 saturated carbocycles. The number of unbranched alkanes of at least 4 members (excludes halogenated alkanes) is 36. The first-order valence-electron chi connectivity index (χ1n) is 31.2. The monoisotopic (exact) mass is 1040 g/mol. The van der Waals surface area contributed by atoms with Gasteiger partial charge in [-0.2, -0.15) is 0 Å². The van der Waals surface area contributed by atoms with Crippen molar-refractivity contribution in [2.24, 2.45) is 0 Å². The van der Waals surface area contributed by atoms with E-state index in [-0.39, 0.29) is 12.5 Å². The second-order valence-corrected chi connectivity index (χ2v) is 23.8. The van der Waals surface area contributed by atoms with Crippen molar-refractivity contribution in [2.45, 2.75) is 302 Å². The van der Waals surface area contributed by atoms with Crippen molar-refractivity contribution in [3.8, 4) is 0 Å². The molecule has 73 heavy (non-hydrogen) atoms. The van der Waals surface area contributed by atoms with Crippen molar-refractivity contribution < 1.29 is 32.9 Å². The number of nitrogens with one attached hydrogen (secondary N) is 1. The molecule has 0 heterocycles. The Bertz CT molecular complexity index is 1370. The van der Waals surface area contributed by atoms with Crippen LogP contribution in [-0.2, 0) is 18.4 Å². The molecular formula is C64H121N2O6P. The summed E-state index contributed by atoms with van der Waals surface area (Å²) >= 11 is 0. The molecule has 8 nitrogen and oxygen atoms in total. The van der Waals surface area contributed by atoms with Gasteiger partial charge in [0.05, 0.1) is 39.9 Å². The molecule has 0 fully saturated rings. The molecule has 0 aromatic rings. The number of aliphatic hydroxyl groups is 1. The lowest BCUT2D eigenvalue weighted by atomic mass is 10.0. The Hall–Kier alpha value is -1.80. The van der Waals surface area contributed by atoms with Gasteiger partial charge in [-0.1, -0.05) is 274 Å². The molecule has 0 aliphatic rings. The van der Waals surface area contributed by atoms with Gasteiger partial charge < -0.3 is 28.8 Å². The van der Waals surface area contributed by atoms with Crippen molar-refractivity contribution in [1.82, 2.24) is 5.32 Å². The van der Waals surface area contributed by atoms with Crippen molar-refractivity contribution in [3.63, 3.8) is 0 Å². The first-order chi connectivity index (χ1) is 35.5. The molecule has 0 bridgehead atoms. The summed E-state index contributed by atoms with van der Waals surface area (Å²) in [6.45, 7) is 4.49. The van der Waals surface area contributed by atoms with Gasteiger partial charge >= 0.3 is 0 Å². The van der Waals surface area contributed by atoms with Crippen LogP contribution in [-0.4, -0.2) is 68.5 Å². The number of hydrogen-bond donors (Lipinski definition) is 2. The predicted molar refractivity (Wildman–Crippen MR) is 316 cm³/mol. The third-order valence-corrected chi connectivity index (χ3v) is 14.9. The lowest BCUT2D eigenvalue weighted by Gasteiger charge is -2.29. The van der Waals surface area contributed by atoms with Gasteiger partial charge in [0, 0.05) is 6.42 Å².